The van der Waals surface area contributed by atoms with Crippen LogP contribution >= 0.6 is 0 Å². The van der Waals surface area contributed by atoms with E-state index in [1.54, 1.807) is 19.1 Å². The predicted octanol–water partition coefficient (Wildman–Crippen LogP) is 2.59. The third-order valence-corrected chi connectivity index (χ3v) is 4.23. The van der Waals surface area contributed by atoms with Crippen LogP contribution in [0, 0.1) is 0 Å². The van der Waals surface area contributed by atoms with E-state index in [0.717, 1.165) is 5.46 Å². The summed E-state index contributed by atoms with van der Waals surface area (Å²) in [5.74, 6) is 0.653. The maximum absolute atomic E-state index is 11.5. The van der Waals surface area contributed by atoms with Gasteiger partial charge in [-0.15, -0.1) is 0 Å². The summed E-state index contributed by atoms with van der Waals surface area (Å²) in [7, 11) is -0.488. The summed E-state index contributed by atoms with van der Waals surface area (Å²) in [4.78, 5) is 11.5. The molecule has 0 atom stereocenters. The van der Waals surface area contributed by atoms with Crippen molar-refractivity contribution in [2.75, 3.05) is 6.61 Å². The van der Waals surface area contributed by atoms with E-state index in [1.165, 1.54) is 0 Å². The highest BCUT2D eigenvalue weighted by Crippen LogP contribution is 2.37. The Labute approximate surface area is 126 Å². The number of carbonyl (C=O) groups excluding carboxylic acids is 1. The first-order valence-electron chi connectivity index (χ1n) is 7.31. The number of rotatable bonds is 4. The number of hydrogen-bond acceptors (Lipinski definition) is 4. The summed E-state index contributed by atoms with van der Waals surface area (Å²) in [5, 5.41) is 0. The second-order valence-electron chi connectivity index (χ2n) is 6.33. The minimum absolute atomic E-state index is 0.0106. The van der Waals surface area contributed by atoms with Gasteiger partial charge in [0.1, 0.15) is 5.75 Å². The Morgan fingerprint density at radius 1 is 1.19 bits per heavy atom. The highest BCUT2D eigenvalue weighted by atomic mass is 16.7. The molecule has 1 aromatic rings. The molecule has 0 N–H and O–H groups in total. The van der Waals surface area contributed by atoms with Crippen LogP contribution in [0.25, 0.3) is 0 Å². The summed E-state index contributed by atoms with van der Waals surface area (Å²) in [6.45, 7) is 12.0. The van der Waals surface area contributed by atoms with Crippen molar-refractivity contribution in [3.05, 3.63) is 23.8 Å². The second kappa shape index (κ2) is 5.46. The zero-order valence-corrected chi connectivity index (χ0v) is 13.6. The Hall–Kier alpha value is -1.33. The van der Waals surface area contributed by atoms with E-state index >= 15 is 0 Å². The SMILES string of the molecule is CCOc1cc(C(C)=O)ccc1B1OC(C)(C)C(C)(C)O1. The van der Waals surface area contributed by atoms with E-state index < -0.39 is 18.3 Å². The molecule has 1 fully saturated rings. The van der Waals surface area contributed by atoms with Gasteiger partial charge < -0.3 is 14.0 Å². The first kappa shape index (κ1) is 16.1. The number of ketones is 1. The molecule has 0 saturated carbocycles. The molecule has 0 aliphatic carbocycles. The summed E-state index contributed by atoms with van der Waals surface area (Å²) in [5.41, 5.74) is 0.639. The zero-order valence-electron chi connectivity index (χ0n) is 13.6. The molecular formula is C16H23BO4. The molecule has 4 nitrogen and oxygen atoms in total. The highest BCUT2D eigenvalue weighted by Gasteiger charge is 2.52. The second-order valence-corrected chi connectivity index (χ2v) is 6.33. The van der Waals surface area contributed by atoms with Gasteiger partial charge >= 0.3 is 7.12 Å². The number of ether oxygens (including phenoxy) is 1. The summed E-state index contributed by atoms with van der Waals surface area (Å²) < 4.78 is 17.8. The normalized spacial score (nSPS) is 19.6. The van der Waals surface area contributed by atoms with Crippen LogP contribution in [0.15, 0.2) is 18.2 Å². The molecule has 5 heteroatoms. The fourth-order valence-corrected chi connectivity index (χ4v) is 2.20. The minimum atomic E-state index is -0.488. The van der Waals surface area contributed by atoms with Crippen LogP contribution in [0.4, 0.5) is 0 Å². The molecular weight excluding hydrogens is 267 g/mol. The third-order valence-electron chi connectivity index (χ3n) is 4.23. The Bertz CT molecular complexity index is 535. The van der Waals surface area contributed by atoms with Gasteiger partial charge in [-0.25, -0.2) is 0 Å². The van der Waals surface area contributed by atoms with Crippen LogP contribution in [-0.4, -0.2) is 30.7 Å². The predicted molar refractivity (Wildman–Crippen MR) is 83.3 cm³/mol. The molecule has 21 heavy (non-hydrogen) atoms. The van der Waals surface area contributed by atoms with E-state index in [9.17, 15) is 4.79 Å². The van der Waals surface area contributed by atoms with Crippen LogP contribution in [0.1, 0.15) is 51.9 Å². The van der Waals surface area contributed by atoms with E-state index in [0.29, 0.717) is 17.9 Å². The zero-order chi connectivity index (χ0) is 15.8. The highest BCUT2D eigenvalue weighted by molar-refractivity contribution is 6.63. The molecule has 0 radical (unpaired) electrons. The number of Topliss-reactive ketones (excluding diaryl/α,β-unsaturated/α-hetero) is 1. The first-order valence-corrected chi connectivity index (χ1v) is 7.31. The Morgan fingerprint density at radius 3 is 2.24 bits per heavy atom. The monoisotopic (exact) mass is 290 g/mol. The van der Waals surface area contributed by atoms with E-state index in [2.05, 4.69) is 0 Å². The molecule has 1 aliphatic rings. The smallest absolute Gasteiger partial charge is 0.494 e. The van der Waals surface area contributed by atoms with Gasteiger partial charge in [-0.05, 0) is 47.6 Å². The lowest BCUT2D eigenvalue weighted by atomic mass is 9.77. The van der Waals surface area contributed by atoms with Crippen molar-refractivity contribution in [3.63, 3.8) is 0 Å². The van der Waals surface area contributed by atoms with Crippen molar-refractivity contribution in [2.45, 2.75) is 52.7 Å². The molecule has 1 aliphatic heterocycles. The largest absolute Gasteiger partial charge is 0.498 e. The van der Waals surface area contributed by atoms with Gasteiger partial charge in [-0.3, -0.25) is 4.79 Å². The summed E-state index contributed by atoms with van der Waals surface area (Å²) in [6, 6.07) is 5.39. The fourth-order valence-electron chi connectivity index (χ4n) is 2.20. The molecule has 0 unspecified atom stereocenters. The Kier molecular flexibility index (Phi) is 4.18. The number of carbonyl (C=O) groups is 1. The van der Waals surface area contributed by atoms with E-state index in [-0.39, 0.29) is 5.78 Å². The van der Waals surface area contributed by atoms with Crippen LogP contribution in [0.3, 0.4) is 0 Å². The van der Waals surface area contributed by atoms with Gasteiger partial charge in [-0.2, -0.15) is 0 Å². The lowest BCUT2D eigenvalue weighted by Crippen LogP contribution is -2.41. The van der Waals surface area contributed by atoms with Crippen LogP contribution in [0.5, 0.6) is 5.75 Å². The maximum Gasteiger partial charge on any atom is 0.498 e. The molecule has 0 spiro atoms. The van der Waals surface area contributed by atoms with Crippen molar-refractivity contribution < 1.29 is 18.8 Å². The lowest BCUT2D eigenvalue weighted by molar-refractivity contribution is 0.00578. The topological polar surface area (TPSA) is 44.8 Å². The minimum Gasteiger partial charge on any atom is -0.494 e. The van der Waals surface area contributed by atoms with Gasteiger partial charge in [0.2, 0.25) is 0 Å². The molecule has 114 valence electrons. The van der Waals surface area contributed by atoms with Crippen LogP contribution < -0.4 is 10.2 Å². The molecule has 1 heterocycles. The quantitative estimate of drug-likeness (QED) is 0.631. The third kappa shape index (κ3) is 2.99. The number of hydrogen-bond donors (Lipinski definition) is 0. The van der Waals surface area contributed by atoms with Gasteiger partial charge in [0.15, 0.2) is 5.78 Å². The van der Waals surface area contributed by atoms with Crippen molar-refractivity contribution in [3.8, 4) is 5.75 Å². The van der Waals surface area contributed by atoms with Gasteiger partial charge in [0, 0.05) is 11.0 Å². The van der Waals surface area contributed by atoms with Crippen LogP contribution in [0.2, 0.25) is 0 Å². The van der Waals surface area contributed by atoms with Crippen LogP contribution in [-0.2, 0) is 9.31 Å². The van der Waals surface area contributed by atoms with Crippen molar-refractivity contribution in [1.82, 2.24) is 0 Å². The molecule has 0 aromatic heterocycles. The standard InChI is InChI=1S/C16H23BO4/c1-7-19-14-10-12(11(2)18)8-9-13(14)17-20-15(3,4)16(5,6)21-17/h8-10H,7H2,1-6H3. The average molecular weight is 290 g/mol. The molecule has 0 amide bonds. The Balaban J connectivity index is 2.38. The first-order chi connectivity index (χ1) is 9.68. The Morgan fingerprint density at radius 2 is 1.76 bits per heavy atom. The molecule has 0 bridgehead atoms. The van der Waals surface area contributed by atoms with E-state index in [1.807, 2.05) is 40.7 Å². The average Bonchev–Trinajstić information content (AvgIpc) is 2.58. The van der Waals surface area contributed by atoms with Gasteiger partial charge in [-0.1, -0.05) is 12.1 Å². The maximum atomic E-state index is 11.5. The lowest BCUT2D eigenvalue weighted by Gasteiger charge is -2.32. The van der Waals surface area contributed by atoms with Crippen molar-refractivity contribution >= 4 is 18.4 Å². The fraction of sp³-hybridized carbons (Fsp3) is 0.562. The van der Waals surface area contributed by atoms with Crippen molar-refractivity contribution in [1.29, 1.82) is 0 Å². The molecule has 1 saturated heterocycles. The molecule has 2 rings (SSSR count). The summed E-state index contributed by atoms with van der Waals surface area (Å²) in [6.07, 6.45) is 0. The number of benzene rings is 1. The summed E-state index contributed by atoms with van der Waals surface area (Å²) >= 11 is 0. The van der Waals surface area contributed by atoms with E-state index in [4.69, 9.17) is 14.0 Å². The molecule has 1 aromatic carbocycles. The van der Waals surface area contributed by atoms with Crippen molar-refractivity contribution in [2.24, 2.45) is 0 Å². The van der Waals surface area contributed by atoms with Gasteiger partial charge in [0.05, 0.1) is 17.8 Å². The van der Waals surface area contributed by atoms with Gasteiger partial charge in [0.25, 0.3) is 0 Å².